The topological polar surface area (TPSA) is 50.4 Å². The molecule has 13 heavy (non-hydrogen) atoms. The highest BCUT2D eigenvalue weighted by atomic mass is 35.5. The molecule has 0 saturated carbocycles. The lowest BCUT2D eigenvalue weighted by Crippen LogP contribution is -2.16. The molecule has 0 spiro atoms. The van der Waals surface area contributed by atoms with E-state index in [-0.39, 0.29) is 11.1 Å². The number of halogens is 1. The molecule has 1 unspecified atom stereocenters. The van der Waals surface area contributed by atoms with Crippen molar-refractivity contribution in [1.82, 2.24) is 0 Å². The van der Waals surface area contributed by atoms with Crippen LogP contribution in [-0.2, 0) is 4.79 Å². The van der Waals surface area contributed by atoms with Crippen LogP contribution < -0.4 is 0 Å². The first-order chi connectivity index (χ1) is 6.02. The Morgan fingerprint density at radius 1 is 1.54 bits per heavy atom. The van der Waals surface area contributed by atoms with Crippen LogP contribution in [0.5, 0.6) is 0 Å². The lowest BCUT2D eigenvalue weighted by Gasteiger charge is -2.12. The fourth-order valence-electron chi connectivity index (χ4n) is 1.23. The van der Waals surface area contributed by atoms with Gasteiger partial charge in [-0.1, -0.05) is 13.8 Å². The minimum Gasteiger partial charge on any atom is -0.481 e. The van der Waals surface area contributed by atoms with Gasteiger partial charge in [-0.15, -0.1) is 0 Å². The summed E-state index contributed by atoms with van der Waals surface area (Å²) in [6.45, 7) is 3.66. The fraction of sp³-hybridized carbons (Fsp3) is 0.444. The van der Waals surface area contributed by atoms with E-state index in [1.807, 2.05) is 13.8 Å². The molecule has 0 radical (unpaired) electrons. The first-order valence-electron chi connectivity index (χ1n) is 4.00. The third-order valence-corrected chi connectivity index (χ3v) is 2.04. The molecule has 4 heteroatoms. The van der Waals surface area contributed by atoms with Gasteiger partial charge in [0.1, 0.15) is 11.7 Å². The van der Waals surface area contributed by atoms with Crippen LogP contribution in [0.1, 0.15) is 25.5 Å². The Kier molecular flexibility index (Phi) is 2.98. The Hall–Kier alpha value is -0.960. The molecule has 0 aliphatic rings. The average molecular weight is 203 g/mol. The molecular weight excluding hydrogens is 192 g/mol. The molecule has 0 aromatic carbocycles. The molecule has 72 valence electrons. The third-order valence-electron chi connectivity index (χ3n) is 1.83. The number of carbonyl (C=O) groups is 1. The summed E-state index contributed by atoms with van der Waals surface area (Å²) in [5.74, 6) is -1.11. The molecule has 1 heterocycles. The maximum Gasteiger partial charge on any atom is 0.314 e. The zero-order valence-corrected chi connectivity index (χ0v) is 8.21. The molecule has 0 fully saturated rings. The Morgan fingerprint density at radius 3 is 2.46 bits per heavy atom. The van der Waals surface area contributed by atoms with Gasteiger partial charge in [0.15, 0.2) is 5.22 Å². The van der Waals surface area contributed by atoms with Gasteiger partial charge in [-0.25, -0.2) is 0 Å². The number of aliphatic carboxylic acids is 1. The van der Waals surface area contributed by atoms with Crippen molar-refractivity contribution >= 4 is 17.6 Å². The zero-order chi connectivity index (χ0) is 10.0. The highest BCUT2D eigenvalue weighted by Gasteiger charge is 2.26. The number of carboxylic acids is 1. The second kappa shape index (κ2) is 3.83. The lowest BCUT2D eigenvalue weighted by molar-refractivity contribution is -0.140. The summed E-state index contributed by atoms with van der Waals surface area (Å²) in [7, 11) is 0. The largest absolute Gasteiger partial charge is 0.481 e. The van der Waals surface area contributed by atoms with Crippen molar-refractivity contribution < 1.29 is 14.3 Å². The van der Waals surface area contributed by atoms with Gasteiger partial charge >= 0.3 is 5.97 Å². The zero-order valence-electron chi connectivity index (χ0n) is 7.45. The van der Waals surface area contributed by atoms with E-state index >= 15 is 0 Å². The van der Waals surface area contributed by atoms with Crippen molar-refractivity contribution in [2.24, 2.45) is 5.92 Å². The van der Waals surface area contributed by atoms with E-state index in [4.69, 9.17) is 21.1 Å². The number of rotatable bonds is 3. The van der Waals surface area contributed by atoms with Gasteiger partial charge in [-0.05, 0) is 29.7 Å². The van der Waals surface area contributed by atoms with Gasteiger partial charge in [0.25, 0.3) is 0 Å². The molecule has 0 aliphatic carbocycles. The van der Waals surface area contributed by atoms with Crippen molar-refractivity contribution in [3.8, 4) is 0 Å². The molecule has 1 aromatic heterocycles. The summed E-state index contributed by atoms with van der Waals surface area (Å²) in [6.07, 6.45) is 0. The van der Waals surface area contributed by atoms with Crippen molar-refractivity contribution in [3.05, 3.63) is 23.1 Å². The maximum atomic E-state index is 10.8. The molecule has 0 saturated heterocycles. The van der Waals surface area contributed by atoms with Gasteiger partial charge in [-0.3, -0.25) is 4.79 Å². The molecule has 1 atom stereocenters. The second-order valence-electron chi connectivity index (χ2n) is 3.20. The smallest absolute Gasteiger partial charge is 0.314 e. The van der Waals surface area contributed by atoms with Crippen LogP contribution >= 0.6 is 11.6 Å². The quantitative estimate of drug-likeness (QED) is 0.820. The Morgan fingerprint density at radius 2 is 2.15 bits per heavy atom. The summed E-state index contributed by atoms with van der Waals surface area (Å²) < 4.78 is 5.05. The molecule has 0 bridgehead atoms. The second-order valence-corrected chi connectivity index (χ2v) is 3.57. The lowest BCUT2D eigenvalue weighted by atomic mass is 9.94. The summed E-state index contributed by atoms with van der Waals surface area (Å²) in [4.78, 5) is 10.8. The Balaban J connectivity index is 2.95. The summed E-state index contributed by atoms with van der Waals surface area (Å²) in [5, 5.41) is 9.13. The first-order valence-corrected chi connectivity index (χ1v) is 4.38. The van der Waals surface area contributed by atoms with E-state index in [1.54, 1.807) is 12.1 Å². The molecule has 1 rings (SSSR count). The predicted molar refractivity (Wildman–Crippen MR) is 48.9 cm³/mol. The van der Waals surface area contributed by atoms with Crippen molar-refractivity contribution in [1.29, 1.82) is 0 Å². The molecule has 1 aromatic rings. The highest BCUT2D eigenvalue weighted by molar-refractivity contribution is 6.28. The normalized spacial score (nSPS) is 13.2. The number of hydrogen-bond acceptors (Lipinski definition) is 2. The third kappa shape index (κ3) is 2.25. The van der Waals surface area contributed by atoms with E-state index in [0.717, 1.165) is 0 Å². The fourth-order valence-corrected chi connectivity index (χ4v) is 1.38. The van der Waals surface area contributed by atoms with Crippen LogP contribution in [0.15, 0.2) is 16.5 Å². The number of carboxylic acid groups (broad SMARTS) is 1. The molecule has 3 nitrogen and oxygen atoms in total. The van der Waals surface area contributed by atoms with E-state index in [0.29, 0.717) is 5.76 Å². The van der Waals surface area contributed by atoms with Gasteiger partial charge in [0.2, 0.25) is 0 Å². The number of furan rings is 1. The van der Waals surface area contributed by atoms with Crippen molar-refractivity contribution in [3.63, 3.8) is 0 Å². The summed E-state index contributed by atoms with van der Waals surface area (Å²) in [5.41, 5.74) is 0. The maximum absolute atomic E-state index is 10.8. The van der Waals surface area contributed by atoms with Crippen LogP contribution in [0, 0.1) is 5.92 Å². The minimum atomic E-state index is -0.888. The highest BCUT2D eigenvalue weighted by Crippen LogP contribution is 2.27. The SMILES string of the molecule is CC(C)C(C(=O)O)c1ccc(Cl)o1. The average Bonchev–Trinajstić information content (AvgIpc) is 2.34. The molecular formula is C9H11ClO3. The minimum absolute atomic E-state index is 0.0142. The molecule has 0 aliphatic heterocycles. The van der Waals surface area contributed by atoms with Crippen LogP contribution in [0.25, 0.3) is 0 Å². The van der Waals surface area contributed by atoms with E-state index < -0.39 is 11.9 Å². The van der Waals surface area contributed by atoms with Gasteiger partial charge < -0.3 is 9.52 Å². The van der Waals surface area contributed by atoms with Crippen LogP contribution in [0.2, 0.25) is 5.22 Å². The predicted octanol–water partition coefficient (Wildman–Crippen LogP) is 2.76. The van der Waals surface area contributed by atoms with Crippen molar-refractivity contribution in [2.75, 3.05) is 0 Å². The van der Waals surface area contributed by atoms with Gasteiger partial charge in [0, 0.05) is 0 Å². The van der Waals surface area contributed by atoms with E-state index in [1.165, 1.54) is 0 Å². The standard InChI is InChI=1S/C9H11ClO3/c1-5(2)8(9(11)12)6-3-4-7(10)13-6/h3-5,8H,1-2H3,(H,11,12). The van der Waals surface area contributed by atoms with Crippen LogP contribution in [0.4, 0.5) is 0 Å². The number of hydrogen-bond donors (Lipinski definition) is 1. The molecule has 1 N–H and O–H groups in total. The van der Waals surface area contributed by atoms with Crippen LogP contribution in [-0.4, -0.2) is 11.1 Å². The van der Waals surface area contributed by atoms with Gasteiger partial charge in [0.05, 0.1) is 0 Å². The monoisotopic (exact) mass is 202 g/mol. The Labute approximate surface area is 81.3 Å². The van der Waals surface area contributed by atoms with Gasteiger partial charge in [-0.2, -0.15) is 0 Å². The first kappa shape index (κ1) is 10.1. The van der Waals surface area contributed by atoms with E-state index in [9.17, 15) is 4.79 Å². The summed E-state index contributed by atoms with van der Waals surface area (Å²) >= 11 is 5.55. The van der Waals surface area contributed by atoms with Crippen molar-refractivity contribution in [2.45, 2.75) is 19.8 Å². The Bertz CT molecular complexity index is 304. The molecule has 0 amide bonds. The van der Waals surface area contributed by atoms with E-state index in [2.05, 4.69) is 0 Å². The summed E-state index contributed by atoms with van der Waals surface area (Å²) in [6, 6.07) is 3.15. The van der Waals surface area contributed by atoms with Crippen LogP contribution in [0.3, 0.4) is 0 Å².